The fraction of sp³-hybridized carbons (Fsp3) is 1.00. The van der Waals surface area contributed by atoms with Gasteiger partial charge >= 0.3 is 0 Å². The average Bonchev–Trinajstić information content (AvgIpc) is 2.59. The van der Waals surface area contributed by atoms with Gasteiger partial charge in [-0.3, -0.25) is 0 Å². The van der Waals surface area contributed by atoms with Crippen LogP contribution in [0.4, 0.5) is 0 Å². The highest BCUT2D eigenvalue weighted by molar-refractivity contribution is 7.98. The predicted octanol–water partition coefficient (Wildman–Crippen LogP) is 2.28. The molecule has 1 aliphatic carbocycles. The van der Waals surface area contributed by atoms with Crippen LogP contribution in [0.1, 0.15) is 25.7 Å². The molecule has 1 saturated carbocycles. The molecule has 0 N–H and O–H groups in total. The summed E-state index contributed by atoms with van der Waals surface area (Å²) in [6.07, 6.45) is 6.98. The van der Waals surface area contributed by atoms with Crippen molar-refractivity contribution < 1.29 is 9.47 Å². The molecule has 13 heavy (non-hydrogen) atoms. The van der Waals surface area contributed by atoms with Gasteiger partial charge in [-0.15, -0.1) is 0 Å². The molecule has 0 bridgehead atoms. The monoisotopic (exact) mass is 202 g/mol. The highest BCUT2D eigenvalue weighted by atomic mass is 32.2. The van der Waals surface area contributed by atoms with Gasteiger partial charge in [-0.05, 0) is 25.5 Å². The van der Waals surface area contributed by atoms with Crippen LogP contribution in [0.15, 0.2) is 0 Å². The maximum absolute atomic E-state index is 5.83. The maximum Gasteiger partial charge on any atom is 0.174 e. The Balaban J connectivity index is 2.22. The number of ether oxygens (including phenoxy) is 2. The summed E-state index contributed by atoms with van der Waals surface area (Å²) in [5.74, 6) is 0.955. The van der Waals surface area contributed by atoms with Crippen LogP contribution in [-0.4, -0.2) is 31.5 Å². The molecule has 0 spiro atoms. The van der Waals surface area contributed by atoms with E-state index in [1.165, 1.54) is 25.0 Å². The summed E-state index contributed by atoms with van der Waals surface area (Å²) in [6.45, 7) is 0.883. The minimum absolute atomic E-state index is 0.226. The number of fused-ring (bicyclic) bond motifs is 1. The molecule has 1 aliphatic heterocycles. The Bertz CT molecular complexity index is 183. The Hall–Kier alpha value is 0.270. The van der Waals surface area contributed by atoms with E-state index in [9.17, 15) is 0 Å². The third-order valence-electron chi connectivity index (χ3n) is 3.64. The summed E-state index contributed by atoms with van der Waals surface area (Å²) in [5.41, 5.74) is 0.321. The van der Waals surface area contributed by atoms with Gasteiger partial charge in [-0.25, -0.2) is 0 Å². The van der Waals surface area contributed by atoms with Gasteiger partial charge in [-0.2, -0.15) is 11.8 Å². The molecule has 0 aromatic carbocycles. The summed E-state index contributed by atoms with van der Waals surface area (Å²) in [7, 11) is 1.80. The SMILES string of the molecule is COC12CCCC1(CSC)CCO2. The normalized spacial score (nSPS) is 43.8. The molecule has 76 valence electrons. The molecule has 1 saturated heterocycles. The van der Waals surface area contributed by atoms with Crippen LogP contribution in [0.5, 0.6) is 0 Å². The van der Waals surface area contributed by atoms with Gasteiger partial charge in [0.2, 0.25) is 0 Å². The zero-order chi connectivity index (χ0) is 9.36. The van der Waals surface area contributed by atoms with E-state index >= 15 is 0 Å². The smallest absolute Gasteiger partial charge is 0.174 e. The fourth-order valence-electron chi connectivity index (χ4n) is 2.98. The Labute approximate surface area is 84.4 Å². The van der Waals surface area contributed by atoms with Crippen molar-refractivity contribution in [3.8, 4) is 0 Å². The van der Waals surface area contributed by atoms with E-state index in [1.807, 2.05) is 11.8 Å². The number of hydrogen-bond acceptors (Lipinski definition) is 3. The molecule has 2 rings (SSSR count). The van der Waals surface area contributed by atoms with E-state index in [1.54, 1.807) is 7.11 Å². The van der Waals surface area contributed by atoms with Crippen LogP contribution in [0.3, 0.4) is 0 Å². The minimum Gasteiger partial charge on any atom is -0.353 e. The fourth-order valence-corrected chi connectivity index (χ4v) is 4.04. The molecule has 2 aliphatic rings. The Morgan fingerprint density at radius 2 is 2.23 bits per heavy atom. The summed E-state index contributed by atoms with van der Waals surface area (Å²) >= 11 is 1.92. The summed E-state index contributed by atoms with van der Waals surface area (Å²) in [4.78, 5) is 0. The lowest BCUT2D eigenvalue weighted by Gasteiger charge is -2.37. The molecule has 2 fully saturated rings. The summed E-state index contributed by atoms with van der Waals surface area (Å²) < 4.78 is 11.5. The second-order valence-electron chi connectivity index (χ2n) is 4.12. The van der Waals surface area contributed by atoms with Crippen molar-refractivity contribution in [2.75, 3.05) is 25.7 Å². The zero-order valence-electron chi connectivity index (χ0n) is 8.47. The van der Waals surface area contributed by atoms with Gasteiger partial charge < -0.3 is 9.47 Å². The zero-order valence-corrected chi connectivity index (χ0v) is 9.28. The number of hydrogen-bond donors (Lipinski definition) is 0. The number of methoxy groups -OCH3 is 1. The Morgan fingerprint density at radius 1 is 1.38 bits per heavy atom. The van der Waals surface area contributed by atoms with Crippen LogP contribution in [0, 0.1) is 5.41 Å². The molecule has 3 heteroatoms. The molecule has 1 heterocycles. The highest BCUT2D eigenvalue weighted by Gasteiger charge is 2.59. The predicted molar refractivity (Wildman–Crippen MR) is 55.0 cm³/mol. The lowest BCUT2D eigenvalue weighted by atomic mass is 9.82. The van der Waals surface area contributed by atoms with E-state index in [2.05, 4.69) is 6.26 Å². The molecular formula is C10H18O2S. The Kier molecular flexibility index (Phi) is 2.60. The molecule has 0 radical (unpaired) electrons. The Morgan fingerprint density at radius 3 is 2.92 bits per heavy atom. The van der Waals surface area contributed by atoms with Gasteiger partial charge in [0.05, 0.1) is 6.61 Å². The maximum atomic E-state index is 5.83. The van der Waals surface area contributed by atoms with Crippen molar-refractivity contribution in [2.24, 2.45) is 5.41 Å². The van der Waals surface area contributed by atoms with Crippen LogP contribution < -0.4 is 0 Å². The lowest BCUT2D eigenvalue weighted by Crippen LogP contribution is -2.43. The lowest BCUT2D eigenvalue weighted by molar-refractivity contribution is -0.226. The second kappa shape index (κ2) is 3.44. The van der Waals surface area contributed by atoms with E-state index < -0.39 is 0 Å². The summed E-state index contributed by atoms with van der Waals surface area (Å²) in [5, 5.41) is 0. The van der Waals surface area contributed by atoms with E-state index in [0.29, 0.717) is 5.41 Å². The topological polar surface area (TPSA) is 18.5 Å². The molecule has 2 unspecified atom stereocenters. The third kappa shape index (κ3) is 1.24. The van der Waals surface area contributed by atoms with Crippen molar-refractivity contribution in [3.63, 3.8) is 0 Å². The largest absolute Gasteiger partial charge is 0.353 e. The first-order chi connectivity index (χ1) is 6.29. The quantitative estimate of drug-likeness (QED) is 0.699. The molecule has 2 atom stereocenters. The van der Waals surface area contributed by atoms with Crippen molar-refractivity contribution >= 4 is 11.8 Å². The molecule has 0 aromatic heterocycles. The van der Waals surface area contributed by atoms with Gasteiger partial charge in [0.1, 0.15) is 0 Å². The van der Waals surface area contributed by atoms with Crippen molar-refractivity contribution in [1.29, 1.82) is 0 Å². The number of thioether (sulfide) groups is 1. The van der Waals surface area contributed by atoms with Crippen LogP contribution in [-0.2, 0) is 9.47 Å². The standard InChI is InChI=1S/C10H18O2S/c1-11-10-5-3-4-9(10,8-13-2)6-7-12-10/h3-8H2,1-2H3. The first-order valence-electron chi connectivity index (χ1n) is 4.97. The van der Waals surface area contributed by atoms with Crippen molar-refractivity contribution in [3.05, 3.63) is 0 Å². The van der Waals surface area contributed by atoms with Crippen molar-refractivity contribution in [1.82, 2.24) is 0 Å². The highest BCUT2D eigenvalue weighted by Crippen LogP contribution is 2.56. The van der Waals surface area contributed by atoms with Gasteiger partial charge in [-0.1, -0.05) is 0 Å². The number of rotatable bonds is 3. The van der Waals surface area contributed by atoms with Gasteiger partial charge in [0.15, 0.2) is 5.79 Å². The second-order valence-corrected chi connectivity index (χ2v) is 4.99. The van der Waals surface area contributed by atoms with E-state index in [4.69, 9.17) is 9.47 Å². The molecule has 2 nitrogen and oxygen atoms in total. The summed E-state index contributed by atoms with van der Waals surface area (Å²) in [6, 6.07) is 0. The minimum atomic E-state index is -0.226. The first kappa shape index (κ1) is 9.81. The third-order valence-corrected chi connectivity index (χ3v) is 4.48. The van der Waals surface area contributed by atoms with Gasteiger partial charge in [0.25, 0.3) is 0 Å². The molecular weight excluding hydrogens is 184 g/mol. The van der Waals surface area contributed by atoms with Crippen molar-refractivity contribution in [2.45, 2.75) is 31.5 Å². The van der Waals surface area contributed by atoms with Crippen LogP contribution >= 0.6 is 11.8 Å². The molecule has 0 amide bonds. The van der Waals surface area contributed by atoms with Crippen LogP contribution in [0.2, 0.25) is 0 Å². The average molecular weight is 202 g/mol. The molecule has 0 aromatic rings. The van der Waals surface area contributed by atoms with Crippen LogP contribution in [0.25, 0.3) is 0 Å². The van der Waals surface area contributed by atoms with E-state index in [0.717, 1.165) is 13.0 Å². The van der Waals surface area contributed by atoms with Gasteiger partial charge in [0, 0.05) is 24.7 Å². The first-order valence-corrected chi connectivity index (χ1v) is 6.36. The van der Waals surface area contributed by atoms with E-state index in [-0.39, 0.29) is 5.79 Å².